The van der Waals surface area contributed by atoms with Crippen molar-refractivity contribution in [3.63, 3.8) is 0 Å². The number of methoxy groups -OCH3 is 1. The highest BCUT2D eigenvalue weighted by atomic mass is 16.5. The van der Waals surface area contributed by atoms with Gasteiger partial charge in [0.25, 0.3) is 0 Å². The maximum Gasteiger partial charge on any atom is 0.0630 e. The predicted octanol–water partition coefficient (Wildman–Crippen LogP) is 3.15. The van der Waals surface area contributed by atoms with E-state index in [0.717, 1.165) is 25.6 Å². The fraction of sp³-hybridized carbons (Fsp3) is 1.00. The van der Waals surface area contributed by atoms with E-state index in [-0.39, 0.29) is 0 Å². The van der Waals surface area contributed by atoms with E-state index in [0.29, 0.717) is 11.5 Å². The molecule has 0 radical (unpaired) electrons. The number of hydrogen-bond donors (Lipinski definition) is 1. The van der Waals surface area contributed by atoms with Crippen molar-refractivity contribution >= 4 is 0 Å². The zero-order chi connectivity index (χ0) is 15.0. The lowest BCUT2D eigenvalue weighted by atomic mass is 9.77. The zero-order valence-electron chi connectivity index (χ0n) is 14.4. The summed E-state index contributed by atoms with van der Waals surface area (Å²) in [4.78, 5) is 2.65. The smallest absolute Gasteiger partial charge is 0.0630 e. The van der Waals surface area contributed by atoms with E-state index in [1.807, 2.05) is 7.11 Å². The average Bonchev–Trinajstić information content (AvgIpc) is 2.63. The number of nitrogens with one attached hydrogen (secondary N) is 1. The Bertz CT molecular complexity index is 250. The van der Waals surface area contributed by atoms with Gasteiger partial charge in [0.1, 0.15) is 0 Å². The fourth-order valence-electron chi connectivity index (χ4n) is 3.28. The molecule has 20 heavy (non-hydrogen) atoms. The van der Waals surface area contributed by atoms with Crippen molar-refractivity contribution in [3.8, 4) is 0 Å². The monoisotopic (exact) mass is 284 g/mol. The minimum atomic E-state index is 0.452. The molecule has 0 bridgehead atoms. The summed E-state index contributed by atoms with van der Waals surface area (Å²) in [7, 11) is 1.82. The van der Waals surface area contributed by atoms with Gasteiger partial charge in [-0.1, -0.05) is 27.7 Å². The molecular weight excluding hydrogens is 248 g/mol. The first-order chi connectivity index (χ1) is 9.49. The van der Waals surface area contributed by atoms with Crippen molar-refractivity contribution in [2.75, 3.05) is 39.9 Å². The van der Waals surface area contributed by atoms with Gasteiger partial charge in [-0.25, -0.2) is 0 Å². The first-order valence-corrected chi connectivity index (χ1v) is 8.42. The van der Waals surface area contributed by atoms with Gasteiger partial charge in [0.2, 0.25) is 0 Å². The maximum absolute atomic E-state index is 5.44. The SMILES string of the molecule is CCCNCC(COC)N1CCCC(C(C)(C)C)CC1. The second-order valence-corrected chi connectivity index (χ2v) is 7.34. The van der Waals surface area contributed by atoms with E-state index in [1.54, 1.807) is 0 Å². The van der Waals surface area contributed by atoms with Gasteiger partial charge in [-0.15, -0.1) is 0 Å². The summed E-state index contributed by atoms with van der Waals surface area (Å²) in [5.74, 6) is 0.860. The molecule has 2 atom stereocenters. The Labute approximate surface area is 126 Å². The summed E-state index contributed by atoms with van der Waals surface area (Å²) >= 11 is 0. The summed E-state index contributed by atoms with van der Waals surface area (Å²) in [5.41, 5.74) is 0.452. The highest BCUT2D eigenvalue weighted by molar-refractivity contribution is 4.82. The third-order valence-corrected chi connectivity index (χ3v) is 4.67. The molecule has 0 amide bonds. The van der Waals surface area contributed by atoms with Crippen LogP contribution in [0.2, 0.25) is 0 Å². The van der Waals surface area contributed by atoms with Crippen molar-refractivity contribution < 1.29 is 4.74 Å². The van der Waals surface area contributed by atoms with Gasteiger partial charge in [-0.3, -0.25) is 4.90 Å². The normalized spacial score (nSPS) is 23.6. The maximum atomic E-state index is 5.44. The third kappa shape index (κ3) is 6.11. The molecule has 1 aliphatic rings. The second kappa shape index (κ2) is 9.01. The molecule has 0 aromatic heterocycles. The molecule has 1 N–H and O–H groups in total. The van der Waals surface area contributed by atoms with Gasteiger partial charge in [0.15, 0.2) is 0 Å². The van der Waals surface area contributed by atoms with E-state index in [9.17, 15) is 0 Å². The summed E-state index contributed by atoms with van der Waals surface area (Å²) in [6.45, 7) is 14.9. The first kappa shape index (κ1) is 17.9. The van der Waals surface area contributed by atoms with Crippen molar-refractivity contribution in [2.45, 2.75) is 59.4 Å². The molecule has 0 aliphatic carbocycles. The molecule has 1 heterocycles. The quantitative estimate of drug-likeness (QED) is 0.727. The second-order valence-electron chi connectivity index (χ2n) is 7.34. The Morgan fingerprint density at radius 3 is 2.60 bits per heavy atom. The number of hydrogen-bond acceptors (Lipinski definition) is 3. The lowest BCUT2D eigenvalue weighted by Crippen LogP contribution is -2.46. The molecule has 0 aromatic rings. The molecule has 3 nitrogen and oxygen atoms in total. The topological polar surface area (TPSA) is 24.5 Å². The molecular formula is C17H36N2O. The van der Waals surface area contributed by atoms with Crippen molar-refractivity contribution in [3.05, 3.63) is 0 Å². The fourth-order valence-corrected chi connectivity index (χ4v) is 3.28. The van der Waals surface area contributed by atoms with Crippen LogP contribution in [0.5, 0.6) is 0 Å². The Morgan fingerprint density at radius 2 is 2.00 bits per heavy atom. The molecule has 0 saturated carbocycles. The van der Waals surface area contributed by atoms with Gasteiger partial charge in [-0.05, 0) is 56.7 Å². The molecule has 1 rings (SSSR count). The molecule has 2 unspecified atom stereocenters. The van der Waals surface area contributed by atoms with Crippen LogP contribution in [0.25, 0.3) is 0 Å². The van der Waals surface area contributed by atoms with Crippen molar-refractivity contribution in [1.82, 2.24) is 10.2 Å². The molecule has 1 fully saturated rings. The van der Waals surface area contributed by atoms with Crippen LogP contribution in [0.4, 0.5) is 0 Å². The molecule has 0 aromatic carbocycles. The van der Waals surface area contributed by atoms with Gasteiger partial charge in [0, 0.05) is 19.7 Å². The van der Waals surface area contributed by atoms with E-state index >= 15 is 0 Å². The summed E-state index contributed by atoms with van der Waals surface area (Å²) in [5, 5.41) is 3.56. The average molecular weight is 284 g/mol. The zero-order valence-corrected chi connectivity index (χ0v) is 14.4. The van der Waals surface area contributed by atoms with E-state index in [1.165, 1.54) is 38.8 Å². The predicted molar refractivity (Wildman–Crippen MR) is 87.2 cm³/mol. The van der Waals surface area contributed by atoms with Gasteiger partial charge in [0.05, 0.1) is 6.61 Å². The van der Waals surface area contributed by atoms with Crippen LogP contribution in [-0.2, 0) is 4.74 Å². The lowest BCUT2D eigenvalue weighted by Gasteiger charge is -2.32. The lowest BCUT2D eigenvalue weighted by molar-refractivity contribution is 0.0888. The number of ether oxygens (including phenoxy) is 1. The third-order valence-electron chi connectivity index (χ3n) is 4.67. The molecule has 3 heteroatoms. The van der Waals surface area contributed by atoms with Gasteiger partial charge < -0.3 is 10.1 Å². The molecule has 120 valence electrons. The van der Waals surface area contributed by atoms with Crippen molar-refractivity contribution in [1.29, 1.82) is 0 Å². The van der Waals surface area contributed by atoms with Crippen LogP contribution in [0.1, 0.15) is 53.4 Å². The molecule has 0 spiro atoms. The minimum absolute atomic E-state index is 0.452. The van der Waals surface area contributed by atoms with Crippen LogP contribution < -0.4 is 5.32 Å². The first-order valence-electron chi connectivity index (χ1n) is 8.42. The van der Waals surface area contributed by atoms with Crippen LogP contribution in [-0.4, -0.2) is 50.8 Å². The highest BCUT2D eigenvalue weighted by Gasteiger charge is 2.29. The number of rotatable bonds is 7. The van der Waals surface area contributed by atoms with Gasteiger partial charge in [-0.2, -0.15) is 0 Å². The largest absolute Gasteiger partial charge is 0.383 e. The minimum Gasteiger partial charge on any atom is -0.383 e. The van der Waals surface area contributed by atoms with Crippen molar-refractivity contribution in [2.24, 2.45) is 11.3 Å². The van der Waals surface area contributed by atoms with Crippen LogP contribution >= 0.6 is 0 Å². The standard InChI is InChI=1S/C17H36N2O/c1-6-10-18-13-16(14-20-5)19-11-7-8-15(9-12-19)17(2,3)4/h15-16,18H,6-14H2,1-5H3. The number of nitrogens with zero attached hydrogens (tertiary/aromatic N) is 1. The highest BCUT2D eigenvalue weighted by Crippen LogP contribution is 2.34. The number of likely N-dealkylation sites (tertiary alicyclic amines) is 1. The summed E-state index contributed by atoms with van der Waals surface area (Å²) in [6.07, 6.45) is 5.24. The molecule has 1 saturated heterocycles. The Morgan fingerprint density at radius 1 is 1.25 bits per heavy atom. The molecule has 1 aliphatic heterocycles. The van der Waals surface area contributed by atoms with E-state index < -0.39 is 0 Å². The van der Waals surface area contributed by atoms with Gasteiger partial charge >= 0.3 is 0 Å². The van der Waals surface area contributed by atoms with Crippen LogP contribution in [0.15, 0.2) is 0 Å². The van der Waals surface area contributed by atoms with E-state index in [4.69, 9.17) is 4.74 Å². The Hall–Kier alpha value is -0.120. The van der Waals surface area contributed by atoms with Crippen LogP contribution in [0, 0.1) is 11.3 Å². The van der Waals surface area contributed by atoms with E-state index in [2.05, 4.69) is 37.9 Å². The summed E-state index contributed by atoms with van der Waals surface area (Å²) < 4.78 is 5.44. The Balaban J connectivity index is 2.50. The van der Waals surface area contributed by atoms with Crippen LogP contribution in [0.3, 0.4) is 0 Å². The summed E-state index contributed by atoms with van der Waals surface area (Å²) in [6, 6.07) is 0.533. The Kier molecular flexibility index (Phi) is 8.08.